The van der Waals surface area contributed by atoms with Gasteiger partial charge in [0, 0.05) is 16.4 Å². The molecule has 0 aliphatic carbocycles. The summed E-state index contributed by atoms with van der Waals surface area (Å²) in [4.78, 5) is 16.0. The zero-order valence-corrected chi connectivity index (χ0v) is 12.9. The summed E-state index contributed by atoms with van der Waals surface area (Å²) < 4.78 is 6.61. The standard InChI is InChI=1S/C13H10Br2N2O2/c14-8-4-5-9(17-6-8)7-19-13(18)10-2-1-3-11(16)12(10)15/h1-6H,7,16H2. The third kappa shape index (κ3) is 3.54. The first-order valence-electron chi connectivity index (χ1n) is 5.39. The molecule has 2 aromatic rings. The van der Waals surface area contributed by atoms with E-state index >= 15 is 0 Å². The van der Waals surface area contributed by atoms with Crippen LogP contribution in [0.1, 0.15) is 16.1 Å². The number of hydrogen-bond donors (Lipinski definition) is 1. The first-order chi connectivity index (χ1) is 9.08. The van der Waals surface area contributed by atoms with E-state index in [2.05, 4.69) is 36.8 Å². The lowest BCUT2D eigenvalue weighted by molar-refractivity contribution is 0.0466. The number of ether oxygens (including phenoxy) is 1. The highest BCUT2D eigenvalue weighted by Crippen LogP contribution is 2.24. The molecule has 1 aromatic heterocycles. The van der Waals surface area contributed by atoms with Crippen LogP contribution >= 0.6 is 31.9 Å². The predicted molar refractivity (Wildman–Crippen MR) is 79.6 cm³/mol. The van der Waals surface area contributed by atoms with Crippen LogP contribution in [0.25, 0.3) is 0 Å². The van der Waals surface area contributed by atoms with E-state index in [9.17, 15) is 4.79 Å². The molecule has 0 bridgehead atoms. The van der Waals surface area contributed by atoms with Crippen molar-refractivity contribution in [3.63, 3.8) is 0 Å². The van der Waals surface area contributed by atoms with Gasteiger partial charge in [0.2, 0.25) is 0 Å². The van der Waals surface area contributed by atoms with Gasteiger partial charge in [-0.2, -0.15) is 0 Å². The summed E-state index contributed by atoms with van der Waals surface area (Å²) in [5.74, 6) is -0.441. The molecule has 0 unspecified atom stereocenters. The van der Waals surface area contributed by atoms with Crippen molar-refractivity contribution in [3.8, 4) is 0 Å². The van der Waals surface area contributed by atoms with Crippen molar-refractivity contribution < 1.29 is 9.53 Å². The third-order valence-electron chi connectivity index (χ3n) is 2.39. The van der Waals surface area contributed by atoms with Gasteiger partial charge in [0.15, 0.2) is 0 Å². The molecular weight excluding hydrogens is 376 g/mol. The first-order valence-corrected chi connectivity index (χ1v) is 6.98. The molecule has 0 atom stereocenters. The topological polar surface area (TPSA) is 65.2 Å². The molecule has 0 aliphatic heterocycles. The Morgan fingerprint density at radius 1 is 1.26 bits per heavy atom. The third-order valence-corrected chi connectivity index (χ3v) is 3.74. The molecule has 2 N–H and O–H groups in total. The number of carbonyl (C=O) groups excluding carboxylic acids is 1. The number of aromatic nitrogens is 1. The summed E-state index contributed by atoms with van der Waals surface area (Å²) in [6.07, 6.45) is 1.65. The Kier molecular flexibility index (Phi) is 4.55. The summed E-state index contributed by atoms with van der Waals surface area (Å²) in [5, 5.41) is 0. The maximum Gasteiger partial charge on any atom is 0.339 e. The number of nitrogen functional groups attached to an aromatic ring is 1. The van der Waals surface area contributed by atoms with Crippen molar-refractivity contribution in [3.05, 3.63) is 56.7 Å². The number of pyridine rings is 1. The number of benzene rings is 1. The molecule has 19 heavy (non-hydrogen) atoms. The van der Waals surface area contributed by atoms with Gasteiger partial charge in [-0.25, -0.2) is 4.79 Å². The molecule has 0 saturated heterocycles. The Hall–Kier alpha value is -1.40. The minimum absolute atomic E-state index is 0.118. The van der Waals surface area contributed by atoms with Crippen molar-refractivity contribution in [2.45, 2.75) is 6.61 Å². The van der Waals surface area contributed by atoms with Crippen LogP contribution in [0.15, 0.2) is 45.5 Å². The Morgan fingerprint density at radius 3 is 2.74 bits per heavy atom. The highest BCUT2D eigenvalue weighted by molar-refractivity contribution is 9.11. The van der Waals surface area contributed by atoms with Crippen LogP contribution in [-0.2, 0) is 11.3 Å². The average Bonchev–Trinajstić information content (AvgIpc) is 2.41. The molecule has 1 aromatic carbocycles. The highest BCUT2D eigenvalue weighted by atomic mass is 79.9. The zero-order valence-electron chi connectivity index (χ0n) is 9.77. The Balaban J connectivity index is 2.05. The lowest BCUT2D eigenvalue weighted by Crippen LogP contribution is -2.07. The van der Waals surface area contributed by atoms with Gasteiger partial charge in [-0.05, 0) is 56.1 Å². The SMILES string of the molecule is Nc1cccc(C(=O)OCc2ccc(Br)cn2)c1Br. The summed E-state index contributed by atoms with van der Waals surface area (Å²) in [5.41, 5.74) is 7.28. The smallest absolute Gasteiger partial charge is 0.339 e. The van der Waals surface area contributed by atoms with E-state index in [0.29, 0.717) is 21.4 Å². The summed E-state index contributed by atoms with van der Waals surface area (Å²) >= 11 is 6.56. The zero-order chi connectivity index (χ0) is 13.8. The van der Waals surface area contributed by atoms with Gasteiger partial charge < -0.3 is 10.5 Å². The second-order valence-corrected chi connectivity index (χ2v) is 5.46. The number of anilines is 1. The van der Waals surface area contributed by atoms with E-state index in [0.717, 1.165) is 4.47 Å². The summed E-state index contributed by atoms with van der Waals surface area (Å²) in [6.45, 7) is 0.118. The van der Waals surface area contributed by atoms with Crippen LogP contribution in [0.2, 0.25) is 0 Å². The van der Waals surface area contributed by atoms with Gasteiger partial charge in [-0.1, -0.05) is 6.07 Å². The maximum atomic E-state index is 11.9. The lowest BCUT2D eigenvalue weighted by atomic mass is 10.2. The van der Waals surface area contributed by atoms with Crippen molar-refractivity contribution >= 4 is 43.5 Å². The molecule has 6 heteroatoms. The van der Waals surface area contributed by atoms with Crippen LogP contribution < -0.4 is 5.73 Å². The monoisotopic (exact) mass is 384 g/mol. The van der Waals surface area contributed by atoms with Crippen LogP contribution in [0.5, 0.6) is 0 Å². The van der Waals surface area contributed by atoms with Gasteiger partial charge in [-0.15, -0.1) is 0 Å². The first kappa shape index (κ1) is 14.0. The number of carbonyl (C=O) groups is 1. The lowest BCUT2D eigenvalue weighted by Gasteiger charge is -2.07. The number of halogens is 2. The Labute approximate surface area is 127 Å². The molecular formula is C13H10Br2N2O2. The fourth-order valence-corrected chi connectivity index (χ4v) is 2.08. The molecule has 1 heterocycles. The van der Waals surface area contributed by atoms with Gasteiger partial charge >= 0.3 is 5.97 Å². The van der Waals surface area contributed by atoms with E-state index in [-0.39, 0.29) is 6.61 Å². The molecule has 0 aliphatic rings. The van der Waals surface area contributed by atoms with Crippen LogP contribution in [-0.4, -0.2) is 11.0 Å². The molecule has 0 saturated carbocycles. The van der Waals surface area contributed by atoms with Crippen LogP contribution in [0.3, 0.4) is 0 Å². The van der Waals surface area contributed by atoms with E-state index in [1.165, 1.54) is 0 Å². The summed E-state index contributed by atoms with van der Waals surface area (Å²) in [6, 6.07) is 8.68. The number of nitrogens with zero attached hydrogens (tertiary/aromatic N) is 1. The highest BCUT2D eigenvalue weighted by Gasteiger charge is 2.13. The van der Waals surface area contributed by atoms with Gasteiger partial charge in [0.05, 0.1) is 15.7 Å². The van der Waals surface area contributed by atoms with E-state index < -0.39 is 5.97 Å². The number of hydrogen-bond acceptors (Lipinski definition) is 4. The quantitative estimate of drug-likeness (QED) is 0.648. The Bertz CT molecular complexity index is 600. The minimum atomic E-state index is -0.441. The van der Waals surface area contributed by atoms with Gasteiger partial charge in [0.1, 0.15) is 6.61 Å². The number of esters is 1. The van der Waals surface area contributed by atoms with Crippen molar-refractivity contribution in [2.75, 3.05) is 5.73 Å². The maximum absolute atomic E-state index is 11.9. The molecule has 0 spiro atoms. The Morgan fingerprint density at radius 2 is 2.05 bits per heavy atom. The van der Waals surface area contributed by atoms with E-state index in [4.69, 9.17) is 10.5 Å². The van der Waals surface area contributed by atoms with E-state index in [1.807, 2.05) is 6.07 Å². The van der Waals surface area contributed by atoms with Crippen molar-refractivity contribution in [1.82, 2.24) is 4.98 Å². The number of nitrogens with two attached hydrogens (primary N) is 1. The van der Waals surface area contributed by atoms with Crippen LogP contribution in [0, 0.1) is 0 Å². The molecule has 4 nitrogen and oxygen atoms in total. The minimum Gasteiger partial charge on any atom is -0.456 e. The molecule has 0 radical (unpaired) electrons. The molecule has 0 fully saturated rings. The summed E-state index contributed by atoms with van der Waals surface area (Å²) in [7, 11) is 0. The van der Waals surface area contributed by atoms with Gasteiger partial charge in [0.25, 0.3) is 0 Å². The average molecular weight is 386 g/mol. The molecule has 98 valence electrons. The second kappa shape index (κ2) is 6.16. The van der Waals surface area contributed by atoms with Crippen molar-refractivity contribution in [2.24, 2.45) is 0 Å². The fraction of sp³-hybridized carbons (Fsp3) is 0.0769. The van der Waals surface area contributed by atoms with E-state index in [1.54, 1.807) is 30.5 Å². The normalized spacial score (nSPS) is 10.2. The molecule has 0 amide bonds. The predicted octanol–water partition coefficient (Wildman–Crippen LogP) is 3.55. The van der Waals surface area contributed by atoms with Gasteiger partial charge in [-0.3, -0.25) is 4.98 Å². The van der Waals surface area contributed by atoms with Crippen LogP contribution in [0.4, 0.5) is 5.69 Å². The fourth-order valence-electron chi connectivity index (χ4n) is 1.42. The van der Waals surface area contributed by atoms with Crippen molar-refractivity contribution in [1.29, 1.82) is 0 Å². The largest absolute Gasteiger partial charge is 0.456 e. The number of rotatable bonds is 3. The second-order valence-electron chi connectivity index (χ2n) is 3.75. The molecule has 2 rings (SSSR count).